The number of hydrogen-bond donors (Lipinski definition) is 1. The molecule has 0 bridgehead atoms. The van der Waals surface area contributed by atoms with Crippen LogP contribution < -0.4 is 5.32 Å². The fraction of sp³-hybridized carbons (Fsp3) is 0.231. The number of nitrogens with zero attached hydrogens (tertiary/aromatic N) is 2. The van der Waals surface area contributed by atoms with Gasteiger partial charge in [-0.05, 0) is 30.2 Å². The Morgan fingerprint density at radius 1 is 1.24 bits per heavy atom. The van der Waals surface area contributed by atoms with Crippen LogP contribution in [0.3, 0.4) is 0 Å². The van der Waals surface area contributed by atoms with Crippen LogP contribution in [0.4, 0.5) is 4.39 Å². The summed E-state index contributed by atoms with van der Waals surface area (Å²) in [4.78, 5) is 7.96. The van der Waals surface area contributed by atoms with Crippen LogP contribution in [0.2, 0.25) is 0 Å². The van der Waals surface area contributed by atoms with Gasteiger partial charge in [-0.3, -0.25) is 0 Å². The van der Waals surface area contributed by atoms with Crippen LogP contribution in [0.25, 0.3) is 0 Å². The molecule has 88 valence electrons. The third-order valence-electron chi connectivity index (χ3n) is 2.50. The predicted molar refractivity (Wildman–Crippen MR) is 63.7 cm³/mol. The molecule has 0 atom stereocenters. The lowest BCUT2D eigenvalue weighted by atomic mass is 10.1. The second-order valence-corrected chi connectivity index (χ2v) is 3.89. The molecule has 1 aromatic heterocycles. The van der Waals surface area contributed by atoms with Crippen molar-refractivity contribution in [2.45, 2.75) is 20.0 Å². The van der Waals surface area contributed by atoms with E-state index in [-0.39, 0.29) is 5.82 Å². The molecule has 0 aliphatic heterocycles. The molecule has 2 aromatic rings. The van der Waals surface area contributed by atoms with Crippen LogP contribution >= 0.6 is 0 Å². The quantitative estimate of drug-likeness (QED) is 0.876. The first-order valence-corrected chi connectivity index (χ1v) is 5.46. The summed E-state index contributed by atoms with van der Waals surface area (Å²) in [7, 11) is 0. The molecule has 4 heteroatoms. The highest BCUT2D eigenvalue weighted by atomic mass is 19.1. The van der Waals surface area contributed by atoms with Crippen LogP contribution in [0.5, 0.6) is 0 Å². The lowest BCUT2D eigenvalue weighted by Crippen LogP contribution is -2.13. The molecule has 0 saturated heterocycles. The monoisotopic (exact) mass is 231 g/mol. The molecule has 2 rings (SSSR count). The van der Waals surface area contributed by atoms with Crippen LogP contribution in [0, 0.1) is 12.7 Å². The van der Waals surface area contributed by atoms with E-state index in [2.05, 4.69) is 15.3 Å². The van der Waals surface area contributed by atoms with Crippen LogP contribution in [-0.4, -0.2) is 9.97 Å². The Kier molecular flexibility index (Phi) is 3.77. The average Bonchev–Trinajstić information content (AvgIpc) is 2.35. The van der Waals surface area contributed by atoms with Gasteiger partial charge in [0, 0.05) is 19.3 Å². The molecule has 0 unspecified atom stereocenters. The molecule has 0 fully saturated rings. The third kappa shape index (κ3) is 3.32. The first-order valence-electron chi connectivity index (χ1n) is 5.46. The summed E-state index contributed by atoms with van der Waals surface area (Å²) in [6.45, 7) is 3.15. The number of aryl methyl sites for hydroxylation is 1. The summed E-state index contributed by atoms with van der Waals surface area (Å²) in [6.07, 6.45) is 3.24. The van der Waals surface area contributed by atoms with Gasteiger partial charge in [-0.2, -0.15) is 0 Å². The van der Waals surface area contributed by atoms with Crippen molar-refractivity contribution in [2.24, 2.45) is 0 Å². The molecule has 0 spiro atoms. The van der Waals surface area contributed by atoms with Crippen LogP contribution in [-0.2, 0) is 13.1 Å². The maximum absolute atomic E-state index is 13.0. The van der Waals surface area contributed by atoms with Crippen LogP contribution in [0.1, 0.15) is 16.8 Å². The maximum Gasteiger partial charge on any atom is 0.126 e. The Morgan fingerprint density at radius 3 is 2.82 bits per heavy atom. The SMILES string of the molecule is Cc1cc(CNCc2ccncn2)ccc1F. The van der Waals surface area contributed by atoms with Gasteiger partial charge in [-0.25, -0.2) is 14.4 Å². The normalized spacial score (nSPS) is 10.5. The van der Waals surface area contributed by atoms with Gasteiger partial charge in [0.25, 0.3) is 0 Å². The highest BCUT2D eigenvalue weighted by molar-refractivity contribution is 5.23. The first kappa shape index (κ1) is 11.7. The molecule has 1 heterocycles. The Balaban J connectivity index is 1.88. The minimum absolute atomic E-state index is 0.162. The molecule has 0 radical (unpaired) electrons. The molecular formula is C13H14FN3. The lowest BCUT2D eigenvalue weighted by molar-refractivity contribution is 0.615. The number of benzene rings is 1. The van der Waals surface area contributed by atoms with Gasteiger partial charge >= 0.3 is 0 Å². The van der Waals surface area contributed by atoms with E-state index in [1.54, 1.807) is 19.2 Å². The van der Waals surface area contributed by atoms with Gasteiger partial charge in [0.15, 0.2) is 0 Å². The number of aromatic nitrogens is 2. The Bertz CT molecular complexity index is 485. The Labute approximate surface area is 99.7 Å². The summed E-state index contributed by atoms with van der Waals surface area (Å²) >= 11 is 0. The van der Waals surface area contributed by atoms with Gasteiger partial charge in [-0.1, -0.05) is 12.1 Å². The van der Waals surface area contributed by atoms with Crippen molar-refractivity contribution in [3.63, 3.8) is 0 Å². The van der Waals surface area contributed by atoms with Crippen molar-refractivity contribution >= 4 is 0 Å². The molecule has 0 aliphatic rings. The van der Waals surface area contributed by atoms with Crippen molar-refractivity contribution < 1.29 is 4.39 Å². The lowest BCUT2D eigenvalue weighted by Gasteiger charge is -2.05. The van der Waals surface area contributed by atoms with E-state index in [0.717, 1.165) is 11.3 Å². The topological polar surface area (TPSA) is 37.8 Å². The van der Waals surface area contributed by atoms with Crippen LogP contribution in [0.15, 0.2) is 36.8 Å². The minimum Gasteiger partial charge on any atom is -0.307 e. The molecule has 3 nitrogen and oxygen atoms in total. The Hall–Kier alpha value is -1.81. The maximum atomic E-state index is 13.0. The summed E-state index contributed by atoms with van der Waals surface area (Å²) in [6, 6.07) is 7.00. The van der Waals surface area contributed by atoms with E-state index < -0.39 is 0 Å². The number of halogens is 1. The second kappa shape index (κ2) is 5.50. The number of hydrogen-bond acceptors (Lipinski definition) is 3. The molecule has 17 heavy (non-hydrogen) atoms. The molecular weight excluding hydrogens is 217 g/mol. The minimum atomic E-state index is -0.162. The Morgan fingerprint density at radius 2 is 2.12 bits per heavy atom. The zero-order valence-corrected chi connectivity index (χ0v) is 9.65. The second-order valence-electron chi connectivity index (χ2n) is 3.89. The zero-order chi connectivity index (χ0) is 12.1. The largest absolute Gasteiger partial charge is 0.307 e. The number of rotatable bonds is 4. The van der Waals surface area contributed by atoms with Gasteiger partial charge in [0.2, 0.25) is 0 Å². The van der Waals surface area contributed by atoms with Gasteiger partial charge < -0.3 is 5.32 Å². The first-order chi connectivity index (χ1) is 8.25. The van der Waals surface area contributed by atoms with E-state index in [1.807, 2.05) is 12.1 Å². The summed E-state index contributed by atoms with van der Waals surface area (Å²) in [5, 5.41) is 3.25. The molecule has 0 amide bonds. The molecule has 1 N–H and O–H groups in total. The smallest absolute Gasteiger partial charge is 0.126 e. The highest BCUT2D eigenvalue weighted by Crippen LogP contribution is 2.08. The van der Waals surface area contributed by atoms with E-state index in [0.29, 0.717) is 18.7 Å². The van der Waals surface area contributed by atoms with Crippen molar-refractivity contribution in [3.8, 4) is 0 Å². The molecule has 0 saturated carbocycles. The fourth-order valence-electron chi connectivity index (χ4n) is 1.57. The van der Waals surface area contributed by atoms with Crippen molar-refractivity contribution in [1.29, 1.82) is 0 Å². The van der Waals surface area contributed by atoms with Crippen molar-refractivity contribution in [2.75, 3.05) is 0 Å². The van der Waals surface area contributed by atoms with E-state index in [9.17, 15) is 4.39 Å². The summed E-state index contributed by atoms with van der Waals surface area (Å²) < 4.78 is 13.0. The molecule has 1 aromatic carbocycles. The average molecular weight is 231 g/mol. The van der Waals surface area contributed by atoms with E-state index in [4.69, 9.17) is 0 Å². The molecule has 0 aliphatic carbocycles. The predicted octanol–water partition coefficient (Wildman–Crippen LogP) is 2.21. The van der Waals surface area contributed by atoms with Gasteiger partial charge in [0.1, 0.15) is 12.1 Å². The fourth-order valence-corrected chi connectivity index (χ4v) is 1.57. The highest BCUT2D eigenvalue weighted by Gasteiger charge is 1.99. The van der Waals surface area contributed by atoms with E-state index in [1.165, 1.54) is 12.4 Å². The van der Waals surface area contributed by atoms with Gasteiger partial charge in [-0.15, -0.1) is 0 Å². The zero-order valence-electron chi connectivity index (χ0n) is 9.65. The van der Waals surface area contributed by atoms with E-state index >= 15 is 0 Å². The van der Waals surface area contributed by atoms with Crippen molar-refractivity contribution in [1.82, 2.24) is 15.3 Å². The summed E-state index contributed by atoms with van der Waals surface area (Å²) in [5.41, 5.74) is 2.68. The van der Waals surface area contributed by atoms with Gasteiger partial charge in [0.05, 0.1) is 5.69 Å². The standard InChI is InChI=1S/C13H14FN3/c1-10-6-11(2-3-13(10)14)7-16-8-12-4-5-15-9-17-12/h2-6,9,16H,7-8H2,1H3. The number of nitrogens with one attached hydrogen (secondary N) is 1. The summed E-state index contributed by atoms with van der Waals surface area (Å²) in [5.74, 6) is -0.162. The third-order valence-corrected chi connectivity index (χ3v) is 2.50. The van der Waals surface area contributed by atoms with Crippen molar-refractivity contribution in [3.05, 3.63) is 59.4 Å².